The SMILES string of the molecule is OCc1nscc1Br. The summed E-state index contributed by atoms with van der Waals surface area (Å²) >= 11 is 4.55. The Morgan fingerprint density at radius 3 is 2.88 bits per heavy atom. The molecule has 8 heavy (non-hydrogen) atoms. The van der Waals surface area contributed by atoms with Gasteiger partial charge in [-0.1, -0.05) is 0 Å². The summed E-state index contributed by atoms with van der Waals surface area (Å²) in [5, 5.41) is 10.4. The van der Waals surface area contributed by atoms with Crippen LogP contribution >= 0.6 is 27.5 Å². The van der Waals surface area contributed by atoms with Crippen molar-refractivity contribution >= 4 is 27.5 Å². The van der Waals surface area contributed by atoms with E-state index in [2.05, 4.69) is 20.3 Å². The Hall–Kier alpha value is 0.0700. The fourth-order valence-corrected chi connectivity index (χ4v) is 1.50. The third-order valence-corrected chi connectivity index (χ3v) is 2.40. The molecule has 1 heterocycles. The lowest BCUT2D eigenvalue weighted by Gasteiger charge is -1.83. The van der Waals surface area contributed by atoms with Crippen molar-refractivity contribution < 1.29 is 5.11 Å². The van der Waals surface area contributed by atoms with Crippen LogP contribution in [0.15, 0.2) is 9.85 Å². The molecule has 0 aliphatic carbocycles. The first-order chi connectivity index (χ1) is 3.84. The number of rotatable bonds is 1. The Morgan fingerprint density at radius 2 is 2.62 bits per heavy atom. The number of halogens is 1. The summed E-state index contributed by atoms with van der Waals surface area (Å²) in [6.45, 7) is 0.0179. The topological polar surface area (TPSA) is 33.1 Å². The van der Waals surface area contributed by atoms with Gasteiger partial charge in [-0.2, -0.15) is 4.37 Å². The Morgan fingerprint density at radius 1 is 1.88 bits per heavy atom. The van der Waals surface area contributed by atoms with Gasteiger partial charge in [0, 0.05) is 5.38 Å². The Balaban J connectivity index is 2.92. The van der Waals surface area contributed by atoms with E-state index in [9.17, 15) is 0 Å². The Labute approximate surface area is 59.5 Å². The van der Waals surface area contributed by atoms with Crippen LogP contribution in [0, 0.1) is 0 Å². The molecule has 0 amide bonds. The quantitative estimate of drug-likeness (QED) is 0.732. The first-order valence-corrected chi connectivity index (χ1v) is 3.67. The van der Waals surface area contributed by atoms with Gasteiger partial charge in [-0.3, -0.25) is 0 Å². The maximum atomic E-state index is 8.52. The van der Waals surface area contributed by atoms with Gasteiger partial charge in [0.25, 0.3) is 0 Å². The van der Waals surface area contributed by atoms with Gasteiger partial charge < -0.3 is 5.11 Å². The fourth-order valence-electron chi connectivity index (χ4n) is 0.352. The highest BCUT2D eigenvalue weighted by Gasteiger charge is 1.97. The molecule has 0 atom stereocenters. The number of aliphatic hydroxyl groups excluding tert-OH is 1. The van der Waals surface area contributed by atoms with E-state index in [1.165, 1.54) is 11.5 Å². The minimum absolute atomic E-state index is 0.0179. The molecule has 44 valence electrons. The lowest BCUT2D eigenvalue weighted by Crippen LogP contribution is -1.80. The Kier molecular flexibility index (Phi) is 1.99. The van der Waals surface area contributed by atoms with Crippen LogP contribution in [0.3, 0.4) is 0 Å². The highest BCUT2D eigenvalue weighted by Crippen LogP contribution is 2.16. The third kappa shape index (κ3) is 1.07. The molecule has 1 aromatic heterocycles. The van der Waals surface area contributed by atoms with Crippen LogP contribution in [-0.4, -0.2) is 9.48 Å². The summed E-state index contributed by atoms with van der Waals surface area (Å²) in [5.74, 6) is 0. The maximum Gasteiger partial charge on any atom is 0.0938 e. The van der Waals surface area contributed by atoms with E-state index in [1.54, 1.807) is 0 Å². The van der Waals surface area contributed by atoms with Gasteiger partial charge in [0.1, 0.15) is 0 Å². The van der Waals surface area contributed by atoms with Gasteiger partial charge in [-0.05, 0) is 27.5 Å². The normalized spacial score (nSPS) is 9.75. The van der Waals surface area contributed by atoms with Crippen LogP contribution < -0.4 is 0 Å². The Bertz CT molecular complexity index is 176. The second-order valence-electron chi connectivity index (χ2n) is 1.27. The molecule has 0 fully saturated rings. The molecule has 2 nitrogen and oxygen atoms in total. The average molecular weight is 194 g/mol. The van der Waals surface area contributed by atoms with E-state index < -0.39 is 0 Å². The molecule has 0 aliphatic heterocycles. The molecule has 0 aliphatic rings. The zero-order chi connectivity index (χ0) is 5.98. The molecule has 0 saturated carbocycles. The largest absolute Gasteiger partial charge is 0.390 e. The summed E-state index contributed by atoms with van der Waals surface area (Å²) in [6.07, 6.45) is 0. The summed E-state index contributed by atoms with van der Waals surface area (Å²) in [7, 11) is 0. The molecule has 0 spiro atoms. The molecule has 1 rings (SSSR count). The number of hydrogen-bond donors (Lipinski definition) is 1. The monoisotopic (exact) mass is 193 g/mol. The molecule has 0 saturated heterocycles. The second-order valence-corrected chi connectivity index (χ2v) is 2.75. The fraction of sp³-hybridized carbons (Fsp3) is 0.250. The van der Waals surface area contributed by atoms with E-state index in [0.717, 1.165) is 10.2 Å². The van der Waals surface area contributed by atoms with Crippen LogP contribution in [0.4, 0.5) is 0 Å². The molecule has 0 bridgehead atoms. The molecular weight excluding hydrogens is 190 g/mol. The van der Waals surface area contributed by atoms with Crippen molar-refractivity contribution in [3.8, 4) is 0 Å². The van der Waals surface area contributed by atoms with Crippen molar-refractivity contribution in [3.05, 3.63) is 15.5 Å². The summed E-state index contributed by atoms with van der Waals surface area (Å²) in [6, 6.07) is 0. The highest BCUT2D eigenvalue weighted by molar-refractivity contribution is 9.10. The maximum absolute atomic E-state index is 8.52. The van der Waals surface area contributed by atoms with Crippen LogP contribution in [0.2, 0.25) is 0 Å². The minimum atomic E-state index is 0.0179. The van der Waals surface area contributed by atoms with Crippen molar-refractivity contribution in [1.82, 2.24) is 4.37 Å². The predicted octanol–water partition coefficient (Wildman–Crippen LogP) is 1.40. The van der Waals surface area contributed by atoms with Gasteiger partial charge in [0.2, 0.25) is 0 Å². The van der Waals surface area contributed by atoms with E-state index in [1.807, 2.05) is 5.38 Å². The molecule has 0 radical (unpaired) electrons. The molecule has 0 unspecified atom stereocenters. The first-order valence-electron chi connectivity index (χ1n) is 2.04. The highest BCUT2D eigenvalue weighted by atomic mass is 79.9. The van der Waals surface area contributed by atoms with Crippen molar-refractivity contribution in [2.24, 2.45) is 0 Å². The number of hydrogen-bond acceptors (Lipinski definition) is 3. The summed E-state index contributed by atoms with van der Waals surface area (Å²) in [5.41, 5.74) is 0.718. The van der Waals surface area contributed by atoms with Crippen LogP contribution in [0.25, 0.3) is 0 Å². The first kappa shape index (κ1) is 6.19. The lowest BCUT2D eigenvalue weighted by molar-refractivity contribution is 0.277. The number of aliphatic hydroxyl groups is 1. The smallest absolute Gasteiger partial charge is 0.0938 e. The van der Waals surface area contributed by atoms with E-state index in [0.29, 0.717) is 0 Å². The average Bonchev–Trinajstić information content (AvgIpc) is 2.14. The molecule has 0 aromatic carbocycles. The summed E-state index contributed by atoms with van der Waals surface area (Å²) < 4.78 is 4.77. The molecule has 1 N–H and O–H groups in total. The van der Waals surface area contributed by atoms with Crippen molar-refractivity contribution in [2.75, 3.05) is 0 Å². The van der Waals surface area contributed by atoms with Gasteiger partial charge >= 0.3 is 0 Å². The number of nitrogens with zero attached hydrogens (tertiary/aromatic N) is 1. The van der Waals surface area contributed by atoms with Crippen LogP contribution in [0.5, 0.6) is 0 Å². The molecule has 1 aromatic rings. The minimum Gasteiger partial charge on any atom is -0.390 e. The molecular formula is C4H4BrNOS. The van der Waals surface area contributed by atoms with E-state index in [4.69, 9.17) is 5.11 Å². The lowest BCUT2D eigenvalue weighted by atomic mass is 10.5. The van der Waals surface area contributed by atoms with E-state index in [-0.39, 0.29) is 6.61 Å². The van der Waals surface area contributed by atoms with Crippen molar-refractivity contribution in [1.29, 1.82) is 0 Å². The zero-order valence-corrected chi connectivity index (χ0v) is 6.37. The summed E-state index contributed by atoms with van der Waals surface area (Å²) in [4.78, 5) is 0. The predicted molar refractivity (Wildman–Crippen MR) is 35.7 cm³/mol. The standard InChI is InChI=1S/C4H4BrNOS/c5-3-2-8-6-4(3)1-7/h2,7H,1H2. The van der Waals surface area contributed by atoms with Gasteiger partial charge in [-0.15, -0.1) is 0 Å². The number of aromatic nitrogens is 1. The van der Waals surface area contributed by atoms with Crippen LogP contribution in [-0.2, 0) is 6.61 Å². The zero-order valence-electron chi connectivity index (χ0n) is 3.97. The molecule has 4 heteroatoms. The van der Waals surface area contributed by atoms with Crippen molar-refractivity contribution in [3.63, 3.8) is 0 Å². The van der Waals surface area contributed by atoms with Gasteiger partial charge in [-0.25, -0.2) is 0 Å². The van der Waals surface area contributed by atoms with Gasteiger partial charge in [0.15, 0.2) is 0 Å². The van der Waals surface area contributed by atoms with Crippen LogP contribution in [0.1, 0.15) is 5.69 Å². The second kappa shape index (κ2) is 2.57. The van der Waals surface area contributed by atoms with Gasteiger partial charge in [0.05, 0.1) is 16.8 Å². The van der Waals surface area contributed by atoms with E-state index >= 15 is 0 Å². The third-order valence-electron chi connectivity index (χ3n) is 0.745. The van der Waals surface area contributed by atoms with Crippen molar-refractivity contribution in [2.45, 2.75) is 6.61 Å².